The SMILES string of the molecule is CC1(C)OC(=O)C(CCOS(C)(=O)=O)O1. The smallest absolute Gasteiger partial charge is 0.338 e. The topological polar surface area (TPSA) is 78.9 Å². The van der Waals surface area contributed by atoms with Gasteiger partial charge in [-0.2, -0.15) is 8.42 Å². The van der Waals surface area contributed by atoms with Crippen LogP contribution in [0.15, 0.2) is 0 Å². The van der Waals surface area contributed by atoms with E-state index in [1.807, 2.05) is 0 Å². The summed E-state index contributed by atoms with van der Waals surface area (Å²) in [5, 5.41) is 0. The van der Waals surface area contributed by atoms with Crippen molar-refractivity contribution in [1.29, 1.82) is 0 Å². The fourth-order valence-electron chi connectivity index (χ4n) is 1.21. The number of rotatable bonds is 4. The third-order valence-electron chi connectivity index (χ3n) is 1.71. The van der Waals surface area contributed by atoms with Crippen LogP contribution in [0.5, 0.6) is 0 Å². The Morgan fingerprint density at radius 2 is 2.07 bits per heavy atom. The fourth-order valence-corrected chi connectivity index (χ4v) is 1.61. The van der Waals surface area contributed by atoms with Gasteiger partial charge in [0.2, 0.25) is 5.79 Å². The van der Waals surface area contributed by atoms with E-state index in [0.717, 1.165) is 6.26 Å². The van der Waals surface area contributed by atoms with E-state index in [4.69, 9.17) is 9.47 Å². The molecular weight excluding hydrogens is 224 g/mol. The first-order valence-electron chi connectivity index (χ1n) is 4.45. The molecule has 6 nitrogen and oxygen atoms in total. The molecule has 7 heteroatoms. The van der Waals surface area contributed by atoms with E-state index in [1.54, 1.807) is 13.8 Å². The summed E-state index contributed by atoms with van der Waals surface area (Å²) in [6.07, 6.45) is 0.363. The van der Waals surface area contributed by atoms with E-state index in [2.05, 4.69) is 4.18 Å². The van der Waals surface area contributed by atoms with Gasteiger partial charge in [-0.3, -0.25) is 4.18 Å². The quantitative estimate of drug-likeness (QED) is 0.508. The number of carbonyl (C=O) groups is 1. The molecule has 1 aliphatic heterocycles. The fraction of sp³-hybridized carbons (Fsp3) is 0.875. The van der Waals surface area contributed by atoms with Crippen LogP contribution in [-0.2, 0) is 28.6 Å². The van der Waals surface area contributed by atoms with Crippen molar-refractivity contribution in [3.63, 3.8) is 0 Å². The second-order valence-electron chi connectivity index (χ2n) is 3.74. The molecule has 0 aliphatic carbocycles. The molecule has 0 spiro atoms. The molecule has 0 aromatic carbocycles. The highest BCUT2D eigenvalue weighted by Crippen LogP contribution is 2.25. The molecule has 15 heavy (non-hydrogen) atoms. The number of ether oxygens (including phenoxy) is 2. The zero-order valence-electron chi connectivity index (χ0n) is 8.85. The Kier molecular flexibility index (Phi) is 3.37. The van der Waals surface area contributed by atoms with E-state index in [0.29, 0.717) is 0 Å². The van der Waals surface area contributed by atoms with Gasteiger partial charge in [-0.15, -0.1) is 0 Å². The third kappa shape index (κ3) is 4.15. The van der Waals surface area contributed by atoms with Gasteiger partial charge in [0.1, 0.15) is 0 Å². The van der Waals surface area contributed by atoms with E-state index < -0.39 is 28.0 Å². The maximum absolute atomic E-state index is 11.2. The Labute approximate surface area is 88.6 Å². The van der Waals surface area contributed by atoms with Crippen molar-refractivity contribution in [1.82, 2.24) is 0 Å². The standard InChI is InChI=1S/C8H14O6S/c1-8(2)13-6(7(9)14-8)4-5-12-15(3,10)11/h6H,4-5H2,1-3H3. The van der Waals surface area contributed by atoms with Gasteiger partial charge < -0.3 is 9.47 Å². The van der Waals surface area contributed by atoms with Gasteiger partial charge in [0.05, 0.1) is 12.9 Å². The van der Waals surface area contributed by atoms with Crippen LogP contribution in [0.2, 0.25) is 0 Å². The first-order valence-corrected chi connectivity index (χ1v) is 6.26. The first-order chi connectivity index (χ1) is 6.70. The number of hydrogen-bond acceptors (Lipinski definition) is 6. The van der Waals surface area contributed by atoms with Crippen LogP contribution >= 0.6 is 0 Å². The van der Waals surface area contributed by atoms with Gasteiger partial charge in [0.15, 0.2) is 6.10 Å². The zero-order valence-corrected chi connectivity index (χ0v) is 9.67. The minimum Gasteiger partial charge on any atom is -0.432 e. The molecule has 0 aromatic heterocycles. The van der Waals surface area contributed by atoms with Gasteiger partial charge in [-0.25, -0.2) is 4.79 Å². The first kappa shape index (κ1) is 12.4. The maximum Gasteiger partial charge on any atom is 0.338 e. The summed E-state index contributed by atoms with van der Waals surface area (Å²) in [4.78, 5) is 11.2. The maximum atomic E-state index is 11.2. The van der Waals surface area contributed by atoms with Gasteiger partial charge in [0.25, 0.3) is 10.1 Å². The van der Waals surface area contributed by atoms with Gasteiger partial charge >= 0.3 is 5.97 Å². The lowest BCUT2D eigenvalue weighted by molar-refractivity contribution is -0.160. The molecule has 0 bridgehead atoms. The van der Waals surface area contributed by atoms with Crippen LogP contribution < -0.4 is 0 Å². The third-order valence-corrected chi connectivity index (χ3v) is 2.31. The van der Waals surface area contributed by atoms with Crippen LogP contribution in [0.1, 0.15) is 20.3 Å². The van der Waals surface area contributed by atoms with Crippen molar-refractivity contribution in [2.75, 3.05) is 12.9 Å². The molecular formula is C8H14O6S. The highest BCUT2D eigenvalue weighted by atomic mass is 32.2. The second-order valence-corrected chi connectivity index (χ2v) is 5.39. The van der Waals surface area contributed by atoms with Gasteiger partial charge in [0, 0.05) is 20.3 Å². The predicted octanol–water partition coefficient (Wildman–Crippen LogP) is 0.0308. The minimum absolute atomic E-state index is 0.0886. The zero-order chi connectivity index (χ0) is 11.7. The highest BCUT2D eigenvalue weighted by Gasteiger charge is 2.40. The Morgan fingerprint density at radius 3 is 2.47 bits per heavy atom. The molecule has 1 aliphatic rings. The van der Waals surface area contributed by atoms with E-state index >= 15 is 0 Å². The molecule has 0 saturated carbocycles. The van der Waals surface area contributed by atoms with E-state index in [9.17, 15) is 13.2 Å². The van der Waals surface area contributed by atoms with Crippen molar-refractivity contribution in [3.8, 4) is 0 Å². The van der Waals surface area contributed by atoms with Crippen molar-refractivity contribution in [2.24, 2.45) is 0 Å². The molecule has 0 amide bonds. The van der Waals surface area contributed by atoms with E-state index in [1.165, 1.54) is 0 Å². The van der Waals surface area contributed by atoms with Crippen molar-refractivity contribution >= 4 is 16.1 Å². The Morgan fingerprint density at radius 1 is 1.47 bits per heavy atom. The van der Waals surface area contributed by atoms with Gasteiger partial charge in [-0.1, -0.05) is 0 Å². The summed E-state index contributed by atoms with van der Waals surface area (Å²) in [6, 6.07) is 0. The Hall–Kier alpha value is -0.660. The number of hydrogen-bond donors (Lipinski definition) is 0. The Balaban J connectivity index is 2.38. The van der Waals surface area contributed by atoms with Crippen molar-refractivity contribution < 1.29 is 26.9 Å². The molecule has 1 rings (SSSR count). The van der Waals surface area contributed by atoms with Gasteiger partial charge in [-0.05, 0) is 0 Å². The van der Waals surface area contributed by atoms with Crippen LogP contribution in [0.4, 0.5) is 0 Å². The lowest BCUT2D eigenvalue weighted by Gasteiger charge is -2.14. The molecule has 1 fully saturated rings. The lowest BCUT2D eigenvalue weighted by atomic mass is 10.3. The molecule has 1 atom stereocenters. The summed E-state index contributed by atoms with van der Waals surface area (Å²) >= 11 is 0. The Bertz CT molecular complexity index is 344. The van der Waals surface area contributed by atoms with Crippen LogP contribution in [0.3, 0.4) is 0 Å². The van der Waals surface area contributed by atoms with Crippen molar-refractivity contribution in [3.05, 3.63) is 0 Å². The molecule has 0 radical (unpaired) electrons. The largest absolute Gasteiger partial charge is 0.432 e. The normalized spacial score (nSPS) is 25.3. The lowest BCUT2D eigenvalue weighted by Crippen LogP contribution is -2.22. The summed E-state index contributed by atoms with van der Waals surface area (Å²) in [6.45, 7) is 3.14. The number of cyclic esters (lactones) is 1. The summed E-state index contributed by atoms with van der Waals surface area (Å²) in [5.41, 5.74) is 0. The van der Waals surface area contributed by atoms with E-state index in [-0.39, 0.29) is 13.0 Å². The van der Waals surface area contributed by atoms with Crippen LogP contribution in [0, 0.1) is 0 Å². The van der Waals surface area contributed by atoms with Crippen molar-refractivity contribution in [2.45, 2.75) is 32.2 Å². The molecule has 88 valence electrons. The minimum atomic E-state index is -3.47. The highest BCUT2D eigenvalue weighted by molar-refractivity contribution is 7.85. The predicted molar refractivity (Wildman–Crippen MR) is 50.5 cm³/mol. The van der Waals surface area contributed by atoms with Crippen LogP contribution in [-0.4, -0.2) is 39.1 Å². The monoisotopic (exact) mass is 238 g/mol. The van der Waals surface area contributed by atoms with Crippen LogP contribution in [0.25, 0.3) is 0 Å². The summed E-state index contributed by atoms with van der Waals surface area (Å²) in [7, 11) is -3.47. The molecule has 1 heterocycles. The average molecular weight is 238 g/mol. The molecule has 1 unspecified atom stereocenters. The molecule has 1 saturated heterocycles. The molecule has 0 aromatic rings. The number of carbonyl (C=O) groups excluding carboxylic acids is 1. The number of esters is 1. The summed E-state index contributed by atoms with van der Waals surface area (Å²) in [5.74, 6) is -1.43. The molecule has 0 N–H and O–H groups in total. The summed E-state index contributed by atoms with van der Waals surface area (Å²) < 4.78 is 35.9. The average Bonchev–Trinajstić information content (AvgIpc) is 2.22. The second kappa shape index (κ2) is 4.07.